The van der Waals surface area contributed by atoms with Crippen molar-refractivity contribution >= 4 is 17.5 Å². The highest BCUT2D eigenvalue weighted by molar-refractivity contribution is 6.01. The van der Waals surface area contributed by atoms with Crippen molar-refractivity contribution in [2.75, 3.05) is 24.5 Å². The van der Waals surface area contributed by atoms with Crippen LogP contribution in [0, 0.1) is 16.0 Å². The van der Waals surface area contributed by atoms with Gasteiger partial charge in [-0.05, 0) is 61.7 Å². The summed E-state index contributed by atoms with van der Waals surface area (Å²) < 4.78 is 5.69. The molecule has 1 N–H and O–H groups in total. The topological polar surface area (TPSA) is 97.6 Å². The molecule has 1 amide bonds. The molecule has 8 heteroatoms. The molecule has 1 fully saturated rings. The van der Waals surface area contributed by atoms with Crippen LogP contribution in [0.5, 0.6) is 5.75 Å². The largest absolute Gasteiger partial charge is 0.472 e. The van der Waals surface area contributed by atoms with Gasteiger partial charge in [-0.2, -0.15) is 0 Å². The van der Waals surface area contributed by atoms with E-state index in [-0.39, 0.29) is 17.5 Å². The molecular weight excluding hydrogens is 300 g/mol. The maximum absolute atomic E-state index is 12.7. The van der Waals surface area contributed by atoms with Crippen molar-refractivity contribution in [2.24, 2.45) is 5.92 Å². The Morgan fingerprint density at radius 1 is 1.52 bits per heavy atom. The second-order valence-corrected chi connectivity index (χ2v) is 6.49. The average Bonchev–Trinajstić information content (AvgIpc) is 2.52. The number of pyridine rings is 1. The fraction of sp³-hybridized carbons (Fsp3) is 0.600. The summed E-state index contributed by atoms with van der Waals surface area (Å²) in [6.07, 6.45) is 2.07. The summed E-state index contributed by atoms with van der Waals surface area (Å²) >= 11 is 0. The minimum Gasteiger partial charge on any atom is -0.472 e. The fourth-order valence-electron chi connectivity index (χ4n) is 3.05. The number of rotatable bonds is 3. The van der Waals surface area contributed by atoms with Gasteiger partial charge in [0.15, 0.2) is 11.4 Å². The standard InChI is InChI=1S/C15H20N4O4/c1-15(2)14(20)18(9-10-4-3-7-16-8-10)13-11(23-15)5-6-12(17-13)19(21)22/h5-6,10,16H,3-4,7-9H2,1-2H3. The maximum atomic E-state index is 12.7. The first-order valence-corrected chi connectivity index (χ1v) is 7.75. The summed E-state index contributed by atoms with van der Waals surface area (Å²) in [4.78, 5) is 28.7. The Labute approximate surface area is 134 Å². The molecule has 0 saturated carbocycles. The van der Waals surface area contributed by atoms with Crippen LogP contribution in [0.4, 0.5) is 11.6 Å². The van der Waals surface area contributed by atoms with Gasteiger partial charge in [-0.3, -0.25) is 9.69 Å². The first-order chi connectivity index (χ1) is 10.9. The number of ether oxygens (including phenoxy) is 1. The van der Waals surface area contributed by atoms with Gasteiger partial charge in [-0.15, -0.1) is 0 Å². The zero-order valence-corrected chi connectivity index (χ0v) is 13.2. The van der Waals surface area contributed by atoms with Gasteiger partial charge in [0.1, 0.15) is 0 Å². The molecule has 8 nitrogen and oxygen atoms in total. The average molecular weight is 320 g/mol. The van der Waals surface area contributed by atoms with E-state index in [0.29, 0.717) is 18.2 Å². The Morgan fingerprint density at radius 2 is 2.30 bits per heavy atom. The van der Waals surface area contributed by atoms with E-state index < -0.39 is 10.5 Å². The molecule has 2 aliphatic rings. The third-order valence-corrected chi connectivity index (χ3v) is 4.23. The van der Waals surface area contributed by atoms with Gasteiger partial charge in [0.25, 0.3) is 11.7 Å². The number of fused-ring (bicyclic) bond motifs is 1. The lowest BCUT2D eigenvalue weighted by atomic mass is 9.97. The molecule has 1 saturated heterocycles. The Balaban J connectivity index is 1.96. The van der Waals surface area contributed by atoms with Crippen LogP contribution in [0.2, 0.25) is 0 Å². The molecule has 0 radical (unpaired) electrons. The number of nitrogens with one attached hydrogen (secondary N) is 1. The molecule has 1 atom stereocenters. The van der Waals surface area contributed by atoms with Crippen LogP contribution < -0.4 is 15.0 Å². The number of amides is 1. The second kappa shape index (κ2) is 5.77. The highest BCUT2D eigenvalue weighted by Crippen LogP contribution is 2.38. The monoisotopic (exact) mass is 320 g/mol. The molecule has 0 spiro atoms. The minimum absolute atomic E-state index is 0.219. The van der Waals surface area contributed by atoms with Crippen LogP contribution in [-0.4, -0.2) is 41.0 Å². The number of nitrogens with zero attached hydrogens (tertiary/aromatic N) is 3. The molecule has 1 aromatic heterocycles. The van der Waals surface area contributed by atoms with Crippen molar-refractivity contribution in [2.45, 2.75) is 32.3 Å². The van der Waals surface area contributed by atoms with Crippen LogP contribution in [0.15, 0.2) is 12.1 Å². The quantitative estimate of drug-likeness (QED) is 0.669. The van der Waals surface area contributed by atoms with Crippen molar-refractivity contribution in [3.8, 4) is 5.75 Å². The smallest absolute Gasteiger partial charge is 0.366 e. The molecule has 3 heterocycles. The number of nitro groups is 1. The predicted octanol–water partition coefficient (Wildman–Crippen LogP) is 1.49. The molecule has 3 rings (SSSR count). The van der Waals surface area contributed by atoms with Crippen LogP contribution in [-0.2, 0) is 4.79 Å². The van der Waals surface area contributed by atoms with E-state index >= 15 is 0 Å². The second-order valence-electron chi connectivity index (χ2n) is 6.49. The van der Waals surface area contributed by atoms with E-state index in [2.05, 4.69) is 10.3 Å². The van der Waals surface area contributed by atoms with E-state index in [1.807, 2.05) is 0 Å². The van der Waals surface area contributed by atoms with Gasteiger partial charge in [0.2, 0.25) is 0 Å². The minimum atomic E-state index is -1.01. The molecule has 2 aliphatic heterocycles. The van der Waals surface area contributed by atoms with Crippen LogP contribution in [0.3, 0.4) is 0 Å². The number of carbonyl (C=O) groups excluding carboxylic acids is 1. The Hall–Kier alpha value is -2.22. The first kappa shape index (κ1) is 15.7. The first-order valence-electron chi connectivity index (χ1n) is 7.75. The van der Waals surface area contributed by atoms with E-state index in [4.69, 9.17) is 4.74 Å². The van der Waals surface area contributed by atoms with Crippen molar-refractivity contribution in [1.29, 1.82) is 0 Å². The highest BCUT2D eigenvalue weighted by atomic mass is 16.6. The summed E-state index contributed by atoms with van der Waals surface area (Å²) in [5, 5.41) is 14.3. The van der Waals surface area contributed by atoms with Gasteiger partial charge < -0.3 is 20.2 Å². The number of hydrogen-bond acceptors (Lipinski definition) is 6. The van der Waals surface area contributed by atoms with Gasteiger partial charge in [0.05, 0.1) is 0 Å². The normalized spacial score (nSPS) is 23.1. The van der Waals surface area contributed by atoms with Crippen LogP contribution in [0.25, 0.3) is 0 Å². The maximum Gasteiger partial charge on any atom is 0.366 e. The lowest BCUT2D eigenvalue weighted by Gasteiger charge is -2.38. The van der Waals surface area contributed by atoms with Crippen LogP contribution >= 0.6 is 0 Å². The molecule has 0 aromatic carbocycles. The van der Waals surface area contributed by atoms with Gasteiger partial charge in [0, 0.05) is 12.6 Å². The number of aromatic nitrogens is 1. The Bertz CT molecular complexity index is 640. The summed E-state index contributed by atoms with van der Waals surface area (Å²) in [6, 6.07) is 2.81. The SMILES string of the molecule is CC1(C)Oc2ccc([N+](=O)[O-])nc2N(CC2CCCNC2)C1=O. The summed E-state index contributed by atoms with van der Waals surface area (Å²) in [5.74, 6) is 0.448. The molecule has 0 bridgehead atoms. The van der Waals surface area contributed by atoms with E-state index in [1.54, 1.807) is 18.7 Å². The molecule has 1 unspecified atom stereocenters. The van der Waals surface area contributed by atoms with Crippen molar-refractivity contribution in [1.82, 2.24) is 10.3 Å². The fourth-order valence-corrected chi connectivity index (χ4v) is 3.05. The zero-order chi connectivity index (χ0) is 16.6. The molecule has 23 heavy (non-hydrogen) atoms. The predicted molar refractivity (Wildman–Crippen MR) is 83.5 cm³/mol. The number of hydrogen-bond donors (Lipinski definition) is 1. The molecule has 1 aromatic rings. The molecule has 124 valence electrons. The van der Waals surface area contributed by atoms with Gasteiger partial charge in [-0.1, -0.05) is 0 Å². The van der Waals surface area contributed by atoms with Crippen molar-refractivity contribution < 1.29 is 14.5 Å². The van der Waals surface area contributed by atoms with Gasteiger partial charge >= 0.3 is 5.82 Å². The number of carbonyl (C=O) groups is 1. The number of anilines is 1. The Kier molecular flexibility index (Phi) is 3.93. The lowest BCUT2D eigenvalue weighted by Crippen LogP contribution is -2.55. The van der Waals surface area contributed by atoms with Crippen molar-refractivity contribution in [3.05, 3.63) is 22.2 Å². The summed E-state index contributed by atoms with van der Waals surface area (Å²) in [6.45, 7) is 5.70. The summed E-state index contributed by atoms with van der Waals surface area (Å²) in [5.41, 5.74) is -1.01. The molecular formula is C15H20N4O4. The third kappa shape index (κ3) is 2.98. The lowest BCUT2D eigenvalue weighted by molar-refractivity contribution is -0.389. The van der Waals surface area contributed by atoms with Crippen molar-refractivity contribution in [3.63, 3.8) is 0 Å². The Morgan fingerprint density at radius 3 is 2.96 bits per heavy atom. The number of piperidine rings is 1. The van der Waals surface area contributed by atoms with E-state index in [9.17, 15) is 14.9 Å². The highest BCUT2D eigenvalue weighted by Gasteiger charge is 2.45. The van der Waals surface area contributed by atoms with Crippen LogP contribution in [0.1, 0.15) is 26.7 Å². The third-order valence-electron chi connectivity index (χ3n) is 4.23. The van der Waals surface area contributed by atoms with Gasteiger partial charge in [-0.25, -0.2) is 0 Å². The van der Waals surface area contributed by atoms with E-state index in [1.165, 1.54) is 12.1 Å². The molecule has 0 aliphatic carbocycles. The summed E-state index contributed by atoms with van der Waals surface area (Å²) in [7, 11) is 0. The zero-order valence-electron chi connectivity index (χ0n) is 13.2. The van der Waals surface area contributed by atoms with E-state index in [0.717, 1.165) is 25.9 Å².